The molecular formula is C12H21N. The minimum Gasteiger partial charge on any atom is -0.198 e. The highest BCUT2D eigenvalue weighted by atomic mass is 14.5. The standard InChI is InChI=1S/C12H21N/c1-4-10(2)11(3)12(9-13)7-5-6-8-12/h10-11H,4-8H2,1-3H3. The quantitative estimate of drug-likeness (QED) is 0.647. The SMILES string of the molecule is CCC(C)C(C)C1(C#N)CCCC1. The molecule has 0 N–H and O–H groups in total. The van der Waals surface area contributed by atoms with Gasteiger partial charge >= 0.3 is 0 Å². The molecule has 0 radical (unpaired) electrons. The summed E-state index contributed by atoms with van der Waals surface area (Å²) in [6.07, 6.45) is 5.98. The smallest absolute Gasteiger partial charge is 0.0692 e. The van der Waals surface area contributed by atoms with Gasteiger partial charge in [0.25, 0.3) is 0 Å². The van der Waals surface area contributed by atoms with Gasteiger partial charge in [0.15, 0.2) is 0 Å². The van der Waals surface area contributed by atoms with Crippen molar-refractivity contribution in [1.82, 2.24) is 0 Å². The molecule has 0 amide bonds. The Labute approximate surface area is 82.1 Å². The molecule has 1 rings (SSSR count). The maximum absolute atomic E-state index is 9.28. The number of nitriles is 1. The Balaban J connectivity index is 2.71. The molecule has 13 heavy (non-hydrogen) atoms. The minimum atomic E-state index is 0.0232. The van der Waals surface area contributed by atoms with Crippen molar-refractivity contribution in [2.45, 2.75) is 52.9 Å². The molecule has 0 spiro atoms. The molecule has 0 heterocycles. The molecule has 0 aromatic heterocycles. The Morgan fingerprint density at radius 3 is 2.23 bits per heavy atom. The summed E-state index contributed by atoms with van der Waals surface area (Å²) in [4.78, 5) is 0. The van der Waals surface area contributed by atoms with Gasteiger partial charge in [-0.3, -0.25) is 0 Å². The average molecular weight is 179 g/mol. The van der Waals surface area contributed by atoms with Crippen molar-refractivity contribution in [1.29, 1.82) is 5.26 Å². The summed E-state index contributed by atoms with van der Waals surface area (Å²) in [5, 5.41) is 9.28. The monoisotopic (exact) mass is 179 g/mol. The Kier molecular flexibility index (Phi) is 3.36. The first kappa shape index (κ1) is 10.6. The van der Waals surface area contributed by atoms with Crippen molar-refractivity contribution >= 4 is 0 Å². The Morgan fingerprint density at radius 2 is 1.85 bits per heavy atom. The predicted molar refractivity (Wildman–Crippen MR) is 55.1 cm³/mol. The normalized spacial score (nSPS) is 25.1. The maximum Gasteiger partial charge on any atom is 0.0692 e. The molecule has 1 heteroatoms. The highest BCUT2D eigenvalue weighted by Crippen LogP contribution is 2.46. The number of hydrogen-bond acceptors (Lipinski definition) is 1. The third-order valence-electron chi connectivity index (χ3n) is 4.09. The second-order valence-corrected chi connectivity index (χ2v) is 4.65. The van der Waals surface area contributed by atoms with Crippen LogP contribution in [0.15, 0.2) is 0 Å². The highest BCUT2D eigenvalue weighted by Gasteiger charge is 2.40. The third kappa shape index (κ3) is 1.88. The fourth-order valence-corrected chi connectivity index (χ4v) is 2.57. The van der Waals surface area contributed by atoms with Crippen LogP contribution in [0.5, 0.6) is 0 Å². The van der Waals surface area contributed by atoms with E-state index in [4.69, 9.17) is 0 Å². The second-order valence-electron chi connectivity index (χ2n) is 4.65. The zero-order chi connectivity index (χ0) is 9.90. The lowest BCUT2D eigenvalue weighted by Gasteiger charge is -2.32. The number of hydrogen-bond donors (Lipinski definition) is 0. The first-order valence-corrected chi connectivity index (χ1v) is 5.57. The van der Waals surface area contributed by atoms with E-state index in [-0.39, 0.29) is 5.41 Å². The Hall–Kier alpha value is -0.510. The minimum absolute atomic E-state index is 0.0232. The van der Waals surface area contributed by atoms with Gasteiger partial charge in [-0.05, 0) is 24.7 Å². The van der Waals surface area contributed by atoms with E-state index in [1.165, 1.54) is 19.3 Å². The molecule has 1 aliphatic carbocycles. The summed E-state index contributed by atoms with van der Waals surface area (Å²) in [5.41, 5.74) is 0.0232. The second kappa shape index (κ2) is 4.13. The van der Waals surface area contributed by atoms with Gasteiger partial charge in [-0.2, -0.15) is 5.26 Å². The lowest BCUT2D eigenvalue weighted by atomic mass is 9.70. The summed E-state index contributed by atoms with van der Waals surface area (Å²) in [7, 11) is 0. The van der Waals surface area contributed by atoms with E-state index in [1.807, 2.05) is 0 Å². The fourth-order valence-electron chi connectivity index (χ4n) is 2.57. The number of nitrogens with zero attached hydrogens (tertiary/aromatic N) is 1. The largest absolute Gasteiger partial charge is 0.198 e. The molecule has 74 valence electrons. The molecule has 1 fully saturated rings. The van der Waals surface area contributed by atoms with Crippen molar-refractivity contribution in [2.24, 2.45) is 17.3 Å². The molecular weight excluding hydrogens is 158 g/mol. The first-order chi connectivity index (χ1) is 6.16. The molecule has 0 bridgehead atoms. The van der Waals surface area contributed by atoms with Crippen LogP contribution < -0.4 is 0 Å². The van der Waals surface area contributed by atoms with Crippen molar-refractivity contribution in [3.8, 4) is 6.07 Å². The summed E-state index contributed by atoms with van der Waals surface area (Å²) in [5.74, 6) is 1.27. The van der Waals surface area contributed by atoms with E-state index in [2.05, 4.69) is 26.8 Å². The van der Waals surface area contributed by atoms with Crippen LogP contribution in [-0.4, -0.2) is 0 Å². The lowest BCUT2D eigenvalue weighted by molar-refractivity contribution is 0.188. The van der Waals surface area contributed by atoms with Crippen molar-refractivity contribution in [3.63, 3.8) is 0 Å². The van der Waals surface area contributed by atoms with Crippen LogP contribution in [0.1, 0.15) is 52.9 Å². The van der Waals surface area contributed by atoms with Gasteiger partial charge < -0.3 is 0 Å². The van der Waals surface area contributed by atoms with Crippen LogP contribution >= 0.6 is 0 Å². The molecule has 0 aromatic carbocycles. The van der Waals surface area contributed by atoms with Gasteiger partial charge in [-0.25, -0.2) is 0 Å². The summed E-state index contributed by atoms with van der Waals surface area (Å²) in [6.45, 7) is 6.77. The van der Waals surface area contributed by atoms with Crippen molar-refractivity contribution in [2.75, 3.05) is 0 Å². The molecule has 1 saturated carbocycles. The molecule has 0 saturated heterocycles. The molecule has 1 aliphatic rings. The topological polar surface area (TPSA) is 23.8 Å². The molecule has 0 aliphatic heterocycles. The summed E-state index contributed by atoms with van der Waals surface area (Å²) in [6, 6.07) is 2.59. The maximum atomic E-state index is 9.28. The van der Waals surface area contributed by atoms with Crippen LogP contribution in [0.25, 0.3) is 0 Å². The van der Waals surface area contributed by atoms with E-state index in [0.717, 1.165) is 12.8 Å². The van der Waals surface area contributed by atoms with Crippen LogP contribution in [-0.2, 0) is 0 Å². The van der Waals surface area contributed by atoms with Gasteiger partial charge in [-0.15, -0.1) is 0 Å². The predicted octanol–water partition coefficient (Wildman–Crippen LogP) is 3.75. The number of rotatable bonds is 3. The van der Waals surface area contributed by atoms with Gasteiger partial charge in [0.1, 0.15) is 0 Å². The van der Waals surface area contributed by atoms with Crippen molar-refractivity contribution < 1.29 is 0 Å². The Morgan fingerprint density at radius 1 is 1.31 bits per heavy atom. The molecule has 0 aromatic rings. The summed E-state index contributed by atoms with van der Waals surface area (Å²) < 4.78 is 0. The van der Waals surface area contributed by atoms with E-state index in [0.29, 0.717) is 11.8 Å². The molecule has 2 unspecified atom stereocenters. The van der Waals surface area contributed by atoms with Gasteiger partial charge in [-0.1, -0.05) is 40.0 Å². The highest BCUT2D eigenvalue weighted by molar-refractivity contribution is 5.05. The lowest BCUT2D eigenvalue weighted by Crippen LogP contribution is -2.28. The molecule has 2 atom stereocenters. The fraction of sp³-hybridized carbons (Fsp3) is 0.917. The van der Waals surface area contributed by atoms with Gasteiger partial charge in [0.05, 0.1) is 11.5 Å². The zero-order valence-corrected chi connectivity index (χ0v) is 9.14. The van der Waals surface area contributed by atoms with E-state index in [1.54, 1.807) is 0 Å². The Bertz CT molecular complexity index is 196. The van der Waals surface area contributed by atoms with Crippen molar-refractivity contribution in [3.05, 3.63) is 0 Å². The van der Waals surface area contributed by atoms with Gasteiger partial charge in [0, 0.05) is 0 Å². The van der Waals surface area contributed by atoms with E-state index < -0.39 is 0 Å². The van der Waals surface area contributed by atoms with E-state index >= 15 is 0 Å². The van der Waals surface area contributed by atoms with Gasteiger partial charge in [0.2, 0.25) is 0 Å². The molecule has 1 nitrogen and oxygen atoms in total. The summed E-state index contributed by atoms with van der Waals surface area (Å²) >= 11 is 0. The average Bonchev–Trinajstić information content (AvgIpc) is 2.65. The van der Waals surface area contributed by atoms with Crippen LogP contribution in [0.3, 0.4) is 0 Å². The third-order valence-corrected chi connectivity index (χ3v) is 4.09. The van der Waals surface area contributed by atoms with Crippen LogP contribution in [0, 0.1) is 28.6 Å². The zero-order valence-electron chi connectivity index (χ0n) is 9.14. The van der Waals surface area contributed by atoms with Crippen LogP contribution in [0.4, 0.5) is 0 Å². The van der Waals surface area contributed by atoms with E-state index in [9.17, 15) is 5.26 Å². The first-order valence-electron chi connectivity index (χ1n) is 5.57. The van der Waals surface area contributed by atoms with Crippen LogP contribution in [0.2, 0.25) is 0 Å².